The van der Waals surface area contributed by atoms with E-state index in [1.165, 1.54) is 193 Å². The standard InChI is InChI=1S/C69H134O17P2/c1-5-9-13-17-21-25-29-30-31-32-33-36-40-44-48-52-56-69(74)86-65(60-80-67(72)54-50-46-42-38-34-26-22-18-14-10-6-2)62-84-88(77,78)82-58-63(70)57-81-87(75,76)83-61-64(59-79-66(71)53-49-45-41-37-28-24-20-16-12-8-4)85-68(73)55-51-47-43-39-35-27-23-19-15-11-7-3/h63-65,70H,5-62H2,1-4H3,(H,75,76)(H,77,78)/t63-,64+,65+/m0/s1. The third kappa shape index (κ3) is 62.8. The molecule has 0 spiro atoms. The molecule has 0 aliphatic heterocycles. The van der Waals surface area contributed by atoms with Crippen LogP contribution in [0.4, 0.5) is 0 Å². The van der Waals surface area contributed by atoms with E-state index in [9.17, 15) is 43.2 Å². The van der Waals surface area contributed by atoms with Crippen molar-refractivity contribution in [3.05, 3.63) is 0 Å². The van der Waals surface area contributed by atoms with Gasteiger partial charge in [0, 0.05) is 25.7 Å². The molecule has 17 nitrogen and oxygen atoms in total. The van der Waals surface area contributed by atoms with Crippen molar-refractivity contribution in [3.63, 3.8) is 0 Å². The molecule has 0 amide bonds. The van der Waals surface area contributed by atoms with Crippen LogP contribution in [0.3, 0.4) is 0 Å². The summed E-state index contributed by atoms with van der Waals surface area (Å²) in [6.07, 6.45) is 51.1. The van der Waals surface area contributed by atoms with Gasteiger partial charge < -0.3 is 33.8 Å². The average molecular weight is 1300 g/mol. The third-order valence-corrected chi connectivity index (χ3v) is 18.0. The minimum atomic E-state index is -4.95. The van der Waals surface area contributed by atoms with Gasteiger partial charge in [-0.15, -0.1) is 0 Å². The number of hydrogen-bond donors (Lipinski definition) is 3. The lowest BCUT2D eigenvalue weighted by atomic mass is 10.0. The number of rotatable bonds is 70. The molecule has 522 valence electrons. The van der Waals surface area contributed by atoms with Crippen molar-refractivity contribution in [1.82, 2.24) is 0 Å². The van der Waals surface area contributed by atoms with E-state index in [2.05, 4.69) is 27.7 Å². The highest BCUT2D eigenvalue weighted by molar-refractivity contribution is 7.47. The number of hydrogen-bond acceptors (Lipinski definition) is 15. The number of esters is 4. The van der Waals surface area contributed by atoms with Crippen molar-refractivity contribution in [1.29, 1.82) is 0 Å². The first-order valence-electron chi connectivity index (χ1n) is 36.3. The molecule has 0 saturated heterocycles. The molecule has 3 N–H and O–H groups in total. The predicted octanol–water partition coefficient (Wildman–Crippen LogP) is 19.9. The summed E-state index contributed by atoms with van der Waals surface area (Å²) < 4.78 is 68.2. The maximum atomic E-state index is 13.0. The largest absolute Gasteiger partial charge is 0.472 e. The Balaban J connectivity index is 5.22. The Morgan fingerprint density at radius 2 is 0.455 bits per heavy atom. The molecule has 0 rings (SSSR count). The van der Waals surface area contributed by atoms with Crippen LogP contribution >= 0.6 is 15.6 Å². The Bertz CT molecular complexity index is 1690. The second-order valence-corrected chi connectivity index (χ2v) is 27.8. The highest BCUT2D eigenvalue weighted by Gasteiger charge is 2.30. The summed E-state index contributed by atoms with van der Waals surface area (Å²) in [5.74, 6) is -2.12. The first-order chi connectivity index (χ1) is 42.7. The van der Waals surface area contributed by atoms with E-state index in [1.807, 2.05) is 0 Å². The molecular formula is C69H134O17P2. The summed E-state index contributed by atoms with van der Waals surface area (Å²) in [5, 5.41) is 10.6. The first-order valence-corrected chi connectivity index (χ1v) is 39.3. The predicted molar refractivity (Wildman–Crippen MR) is 354 cm³/mol. The molecule has 19 heteroatoms. The van der Waals surface area contributed by atoms with Crippen LogP contribution in [0.2, 0.25) is 0 Å². The highest BCUT2D eigenvalue weighted by atomic mass is 31.2. The number of phosphoric acid groups is 2. The second kappa shape index (κ2) is 63.8. The fourth-order valence-corrected chi connectivity index (χ4v) is 12.1. The lowest BCUT2D eigenvalue weighted by molar-refractivity contribution is -0.161. The van der Waals surface area contributed by atoms with Crippen molar-refractivity contribution >= 4 is 39.5 Å². The average Bonchev–Trinajstić information content (AvgIpc) is 3.58. The van der Waals surface area contributed by atoms with Crippen LogP contribution in [0.5, 0.6) is 0 Å². The molecule has 0 aromatic carbocycles. The molecule has 0 aromatic heterocycles. The molecule has 0 aromatic rings. The van der Waals surface area contributed by atoms with Crippen molar-refractivity contribution in [2.24, 2.45) is 0 Å². The number of carbonyl (C=O) groups excluding carboxylic acids is 4. The van der Waals surface area contributed by atoms with Crippen molar-refractivity contribution in [3.8, 4) is 0 Å². The van der Waals surface area contributed by atoms with Gasteiger partial charge >= 0.3 is 39.5 Å². The summed E-state index contributed by atoms with van der Waals surface area (Å²) in [6.45, 7) is 4.93. The van der Waals surface area contributed by atoms with Gasteiger partial charge in [0.25, 0.3) is 0 Å². The molecule has 0 aliphatic rings. The Morgan fingerprint density at radius 3 is 0.670 bits per heavy atom. The van der Waals surface area contributed by atoms with E-state index in [1.54, 1.807) is 0 Å². The summed E-state index contributed by atoms with van der Waals surface area (Å²) in [4.78, 5) is 72.4. The van der Waals surface area contributed by atoms with Crippen LogP contribution in [-0.2, 0) is 65.4 Å². The molecule has 88 heavy (non-hydrogen) atoms. The van der Waals surface area contributed by atoms with E-state index in [0.717, 1.165) is 89.9 Å². The number of unbranched alkanes of at least 4 members (excludes halogenated alkanes) is 44. The smallest absolute Gasteiger partial charge is 0.462 e. The highest BCUT2D eigenvalue weighted by Crippen LogP contribution is 2.45. The van der Waals surface area contributed by atoms with E-state index in [4.69, 9.17) is 37.0 Å². The van der Waals surface area contributed by atoms with Crippen molar-refractivity contribution in [2.75, 3.05) is 39.6 Å². The van der Waals surface area contributed by atoms with E-state index in [0.29, 0.717) is 25.7 Å². The van der Waals surface area contributed by atoms with Gasteiger partial charge in [-0.2, -0.15) is 0 Å². The zero-order chi connectivity index (χ0) is 64.7. The molecule has 0 bridgehead atoms. The lowest BCUT2D eigenvalue weighted by Gasteiger charge is -2.21. The Morgan fingerprint density at radius 1 is 0.273 bits per heavy atom. The molecule has 0 heterocycles. The molecule has 0 radical (unpaired) electrons. The molecule has 2 unspecified atom stereocenters. The van der Waals surface area contributed by atoms with E-state index >= 15 is 0 Å². The maximum absolute atomic E-state index is 13.0. The molecule has 0 aliphatic carbocycles. The van der Waals surface area contributed by atoms with Gasteiger partial charge in [0.15, 0.2) is 12.2 Å². The van der Waals surface area contributed by atoms with Crippen LogP contribution in [-0.4, -0.2) is 96.7 Å². The quantitative estimate of drug-likeness (QED) is 0.0222. The summed E-state index contributed by atoms with van der Waals surface area (Å²) in [7, 11) is -9.89. The summed E-state index contributed by atoms with van der Waals surface area (Å²) in [6, 6.07) is 0. The van der Waals surface area contributed by atoms with Crippen LogP contribution < -0.4 is 0 Å². The zero-order valence-electron chi connectivity index (χ0n) is 56.7. The molecule has 0 fully saturated rings. The second-order valence-electron chi connectivity index (χ2n) is 24.9. The number of carbonyl (C=O) groups is 4. The van der Waals surface area contributed by atoms with E-state index < -0.39 is 97.5 Å². The topological polar surface area (TPSA) is 237 Å². The van der Waals surface area contributed by atoms with Gasteiger partial charge in [-0.3, -0.25) is 37.3 Å². The number of aliphatic hydroxyl groups is 1. The van der Waals surface area contributed by atoms with E-state index in [-0.39, 0.29) is 25.7 Å². The Hall–Kier alpha value is -1.94. The fourth-order valence-electron chi connectivity index (χ4n) is 10.5. The minimum Gasteiger partial charge on any atom is -0.462 e. The van der Waals surface area contributed by atoms with Gasteiger partial charge in [-0.05, 0) is 25.7 Å². The van der Waals surface area contributed by atoms with Gasteiger partial charge in [0.2, 0.25) is 0 Å². The van der Waals surface area contributed by atoms with Crippen molar-refractivity contribution in [2.45, 2.75) is 380 Å². The summed E-state index contributed by atoms with van der Waals surface area (Å²) >= 11 is 0. The Kier molecular flexibility index (Phi) is 62.4. The van der Waals surface area contributed by atoms with Gasteiger partial charge in [-0.25, -0.2) is 9.13 Å². The fraction of sp³-hybridized carbons (Fsp3) is 0.942. The molecular weight excluding hydrogens is 1160 g/mol. The van der Waals surface area contributed by atoms with Crippen LogP contribution in [0.25, 0.3) is 0 Å². The normalized spacial score (nSPS) is 14.0. The van der Waals surface area contributed by atoms with Crippen LogP contribution in [0, 0.1) is 0 Å². The molecule has 5 atom stereocenters. The minimum absolute atomic E-state index is 0.107. The van der Waals surface area contributed by atoms with Gasteiger partial charge in [-0.1, -0.05) is 310 Å². The number of phosphoric ester groups is 2. The van der Waals surface area contributed by atoms with Crippen LogP contribution in [0.1, 0.15) is 362 Å². The lowest BCUT2D eigenvalue weighted by Crippen LogP contribution is -2.30. The number of ether oxygens (including phenoxy) is 4. The first kappa shape index (κ1) is 86.1. The molecule has 0 saturated carbocycles. The Labute approximate surface area is 537 Å². The summed E-state index contributed by atoms with van der Waals surface area (Å²) in [5.41, 5.74) is 0. The van der Waals surface area contributed by atoms with Gasteiger partial charge in [0.05, 0.1) is 26.4 Å². The SMILES string of the molecule is CCCCCCCCCCCCCCCCCCC(=O)O[C@H](COC(=O)CCCCCCCCCCCCC)COP(=O)(O)OC[C@@H](O)COP(=O)(O)OC[C@@H](COC(=O)CCCCCCCCCCCC)OC(=O)CCCCCCCCCCCCC. The number of aliphatic hydroxyl groups excluding tert-OH is 1. The van der Waals surface area contributed by atoms with Crippen LogP contribution in [0.15, 0.2) is 0 Å². The van der Waals surface area contributed by atoms with Gasteiger partial charge in [0.1, 0.15) is 19.3 Å². The maximum Gasteiger partial charge on any atom is 0.472 e. The monoisotopic (exact) mass is 1300 g/mol. The van der Waals surface area contributed by atoms with Crippen molar-refractivity contribution < 1.29 is 80.2 Å². The third-order valence-electron chi connectivity index (χ3n) is 16.1. The zero-order valence-corrected chi connectivity index (χ0v) is 58.5.